The number of anilines is 1. The molecule has 0 bridgehead atoms. The molecule has 3 rings (SSSR count). The maximum absolute atomic E-state index is 12.4. The first-order valence-electron chi connectivity index (χ1n) is 7.86. The Morgan fingerprint density at radius 2 is 2.29 bits per heavy atom. The minimum Gasteiger partial charge on any atom is -0.401 e. The molecule has 2 aromatic heterocycles. The van der Waals surface area contributed by atoms with Gasteiger partial charge in [-0.3, -0.25) is 19.9 Å². The molecule has 3 heterocycles. The summed E-state index contributed by atoms with van der Waals surface area (Å²) in [4.78, 5) is 33.9. The Bertz CT molecular complexity index is 717. The first kappa shape index (κ1) is 16.0. The van der Waals surface area contributed by atoms with Gasteiger partial charge in [0.2, 0.25) is 11.8 Å². The highest BCUT2D eigenvalue weighted by atomic mass is 16.4. The molecule has 0 radical (unpaired) electrons. The number of amides is 2. The predicted octanol–water partition coefficient (Wildman–Crippen LogP) is 1.11. The van der Waals surface area contributed by atoms with Gasteiger partial charge in [-0.05, 0) is 12.8 Å². The first-order valence-corrected chi connectivity index (χ1v) is 7.86. The van der Waals surface area contributed by atoms with Gasteiger partial charge < -0.3 is 9.32 Å². The van der Waals surface area contributed by atoms with Crippen molar-refractivity contribution < 1.29 is 14.0 Å². The average Bonchev–Trinajstić information content (AvgIpc) is 3.06. The summed E-state index contributed by atoms with van der Waals surface area (Å²) in [7, 11) is 0. The van der Waals surface area contributed by atoms with Gasteiger partial charge in [0.1, 0.15) is 5.69 Å². The number of carbonyl (C=O) groups excluding carboxylic acids is 2. The van der Waals surface area contributed by atoms with Crippen molar-refractivity contribution in [1.29, 1.82) is 0 Å². The minimum absolute atomic E-state index is 0.0135. The van der Waals surface area contributed by atoms with Crippen molar-refractivity contribution in [3.05, 3.63) is 18.6 Å². The molecule has 126 valence electrons. The molecular weight excluding hydrogens is 312 g/mol. The number of nitrogens with zero attached hydrogens (tertiary/aromatic N) is 5. The highest BCUT2D eigenvalue weighted by Gasteiger charge is 2.30. The summed E-state index contributed by atoms with van der Waals surface area (Å²) in [5.74, 6) is -0.215. The normalized spacial score (nSPS) is 17.8. The van der Waals surface area contributed by atoms with Crippen LogP contribution in [0.3, 0.4) is 0 Å². The Morgan fingerprint density at radius 1 is 1.42 bits per heavy atom. The monoisotopic (exact) mass is 330 g/mol. The number of hydrogen-bond acceptors (Lipinski definition) is 7. The first-order chi connectivity index (χ1) is 11.7. The largest absolute Gasteiger partial charge is 0.401 e. The van der Waals surface area contributed by atoms with E-state index >= 15 is 0 Å². The van der Waals surface area contributed by atoms with Crippen LogP contribution in [0.5, 0.6) is 0 Å². The molecule has 1 atom stereocenters. The van der Waals surface area contributed by atoms with E-state index in [1.165, 1.54) is 18.6 Å². The second-order valence-electron chi connectivity index (χ2n) is 5.57. The van der Waals surface area contributed by atoms with Crippen LogP contribution in [0.25, 0.3) is 11.6 Å². The zero-order chi connectivity index (χ0) is 16.9. The number of carbonyl (C=O) groups is 2. The molecule has 0 saturated carbocycles. The van der Waals surface area contributed by atoms with Crippen molar-refractivity contribution in [1.82, 2.24) is 25.1 Å². The van der Waals surface area contributed by atoms with Crippen molar-refractivity contribution in [2.75, 3.05) is 18.4 Å². The van der Waals surface area contributed by atoms with Gasteiger partial charge in [-0.15, -0.1) is 5.10 Å². The Labute approximate surface area is 138 Å². The van der Waals surface area contributed by atoms with Gasteiger partial charge >= 0.3 is 6.01 Å². The molecular formula is C15H18N6O3. The number of hydrogen-bond donors (Lipinski definition) is 1. The van der Waals surface area contributed by atoms with E-state index in [0.29, 0.717) is 31.6 Å². The molecule has 2 aromatic rings. The van der Waals surface area contributed by atoms with E-state index in [9.17, 15) is 9.59 Å². The molecule has 1 unspecified atom stereocenters. The summed E-state index contributed by atoms with van der Waals surface area (Å²) < 4.78 is 5.39. The van der Waals surface area contributed by atoms with Crippen LogP contribution in [-0.4, -0.2) is 50.0 Å². The zero-order valence-electron chi connectivity index (χ0n) is 13.3. The topological polar surface area (TPSA) is 114 Å². The van der Waals surface area contributed by atoms with E-state index in [4.69, 9.17) is 4.42 Å². The Hall–Kier alpha value is -2.84. The standard InChI is InChI=1S/C15H18N6O3/c1-2-7-21-9-10(3-4-12(21)22)13(23)18-15-20-19-14(24-15)11-8-16-5-6-17-11/h5-6,8,10H,2-4,7,9H2,1H3,(H,18,20,23). The molecule has 0 aliphatic carbocycles. The van der Waals surface area contributed by atoms with Gasteiger partial charge in [0.15, 0.2) is 0 Å². The quantitative estimate of drug-likeness (QED) is 0.873. The molecule has 9 nitrogen and oxygen atoms in total. The molecule has 9 heteroatoms. The fourth-order valence-electron chi connectivity index (χ4n) is 2.61. The Balaban J connectivity index is 1.63. The summed E-state index contributed by atoms with van der Waals surface area (Å²) in [5, 5.41) is 10.3. The van der Waals surface area contributed by atoms with E-state index < -0.39 is 0 Å². The Kier molecular flexibility index (Phi) is 4.78. The molecule has 1 N–H and O–H groups in total. The molecule has 1 saturated heterocycles. The lowest BCUT2D eigenvalue weighted by Gasteiger charge is -2.31. The summed E-state index contributed by atoms with van der Waals surface area (Å²) >= 11 is 0. The summed E-state index contributed by atoms with van der Waals surface area (Å²) in [6.45, 7) is 3.09. The number of likely N-dealkylation sites (tertiary alicyclic amines) is 1. The van der Waals surface area contributed by atoms with Gasteiger partial charge in [-0.2, -0.15) is 0 Å². The van der Waals surface area contributed by atoms with Crippen LogP contribution < -0.4 is 5.32 Å². The van der Waals surface area contributed by atoms with E-state index in [1.54, 1.807) is 4.90 Å². The van der Waals surface area contributed by atoms with Crippen molar-refractivity contribution in [2.24, 2.45) is 5.92 Å². The van der Waals surface area contributed by atoms with Crippen LogP contribution in [0.4, 0.5) is 6.01 Å². The summed E-state index contributed by atoms with van der Waals surface area (Å²) in [5.41, 5.74) is 0.433. The highest BCUT2D eigenvalue weighted by molar-refractivity contribution is 5.92. The van der Waals surface area contributed by atoms with Crippen LogP contribution in [0, 0.1) is 5.92 Å². The maximum Gasteiger partial charge on any atom is 0.322 e. The lowest BCUT2D eigenvalue weighted by atomic mass is 9.96. The smallest absolute Gasteiger partial charge is 0.322 e. The van der Waals surface area contributed by atoms with Crippen LogP contribution in [0.1, 0.15) is 26.2 Å². The second-order valence-corrected chi connectivity index (χ2v) is 5.57. The van der Waals surface area contributed by atoms with Crippen molar-refractivity contribution >= 4 is 17.8 Å². The van der Waals surface area contributed by atoms with Gasteiger partial charge in [0, 0.05) is 31.9 Å². The maximum atomic E-state index is 12.4. The highest BCUT2D eigenvalue weighted by Crippen LogP contribution is 2.21. The van der Waals surface area contributed by atoms with E-state index in [-0.39, 0.29) is 29.6 Å². The Morgan fingerprint density at radius 3 is 3.04 bits per heavy atom. The van der Waals surface area contributed by atoms with Crippen LogP contribution >= 0.6 is 0 Å². The van der Waals surface area contributed by atoms with Gasteiger partial charge in [-0.25, -0.2) is 4.98 Å². The third-order valence-corrected chi connectivity index (χ3v) is 3.80. The molecule has 24 heavy (non-hydrogen) atoms. The lowest BCUT2D eigenvalue weighted by molar-refractivity contribution is -0.137. The van der Waals surface area contributed by atoms with E-state index in [2.05, 4.69) is 25.5 Å². The molecule has 1 fully saturated rings. The number of rotatable bonds is 5. The van der Waals surface area contributed by atoms with Crippen LogP contribution in [0.15, 0.2) is 23.0 Å². The van der Waals surface area contributed by atoms with Crippen molar-refractivity contribution in [3.8, 4) is 11.6 Å². The van der Waals surface area contributed by atoms with E-state index in [1.807, 2.05) is 6.92 Å². The van der Waals surface area contributed by atoms with E-state index in [0.717, 1.165) is 6.42 Å². The van der Waals surface area contributed by atoms with Gasteiger partial charge in [0.25, 0.3) is 5.89 Å². The fraction of sp³-hybridized carbons (Fsp3) is 0.467. The van der Waals surface area contributed by atoms with Crippen LogP contribution in [0.2, 0.25) is 0 Å². The number of aromatic nitrogens is 4. The number of nitrogens with one attached hydrogen (secondary N) is 1. The van der Waals surface area contributed by atoms with Gasteiger partial charge in [0.05, 0.1) is 12.1 Å². The number of piperidine rings is 1. The van der Waals surface area contributed by atoms with Crippen molar-refractivity contribution in [2.45, 2.75) is 26.2 Å². The molecule has 2 amide bonds. The molecule has 0 spiro atoms. The summed E-state index contributed by atoms with van der Waals surface area (Å²) in [6.07, 6.45) is 6.32. The lowest BCUT2D eigenvalue weighted by Crippen LogP contribution is -2.44. The molecule has 1 aliphatic heterocycles. The minimum atomic E-state index is -0.277. The summed E-state index contributed by atoms with van der Waals surface area (Å²) in [6, 6.07) is 0.0135. The second kappa shape index (κ2) is 7.16. The third-order valence-electron chi connectivity index (χ3n) is 3.80. The van der Waals surface area contributed by atoms with Crippen LogP contribution in [-0.2, 0) is 9.59 Å². The SMILES string of the molecule is CCCN1CC(C(=O)Nc2nnc(-c3cnccn3)o2)CCC1=O. The average molecular weight is 330 g/mol. The molecule has 0 aromatic carbocycles. The zero-order valence-corrected chi connectivity index (χ0v) is 13.3. The fourth-order valence-corrected chi connectivity index (χ4v) is 2.61. The predicted molar refractivity (Wildman–Crippen MR) is 83.5 cm³/mol. The third kappa shape index (κ3) is 3.55. The van der Waals surface area contributed by atoms with Gasteiger partial charge in [-0.1, -0.05) is 12.0 Å². The molecule has 1 aliphatic rings. The van der Waals surface area contributed by atoms with Crippen molar-refractivity contribution in [3.63, 3.8) is 0 Å².